The third-order valence-corrected chi connectivity index (χ3v) is 6.38. The van der Waals surface area contributed by atoms with Gasteiger partial charge in [0.05, 0.1) is 29.0 Å². The van der Waals surface area contributed by atoms with Gasteiger partial charge in [-0.15, -0.1) is 0 Å². The molecular weight excluding hydrogens is 434 g/mol. The maximum Gasteiger partial charge on any atom is 0.146 e. The van der Waals surface area contributed by atoms with Crippen LogP contribution in [0.5, 0.6) is 11.5 Å². The van der Waals surface area contributed by atoms with Gasteiger partial charge in [0.2, 0.25) is 0 Å². The molecule has 6 heteroatoms. The topological polar surface area (TPSA) is 57.2 Å². The highest BCUT2D eigenvalue weighted by atomic mass is 16.5. The molecule has 0 saturated heterocycles. The van der Waals surface area contributed by atoms with Crippen molar-refractivity contribution in [3.8, 4) is 28.4 Å². The summed E-state index contributed by atoms with van der Waals surface area (Å²) in [4.78, 5) is 9.56. The Morgan fingerprint density at radius 1 is 0.886 bits per heavy atom. The van der Waals surface area contributed by atoms with E-state index in [2.05, 4.69) is 62.3 Å². The first-order chi connectivity index (χ1) is 16.6. The van der Waals surface area contributed by atoms with Crippen molar-refractivity contribution in [1.82, 2.24) is 24.1 Å². The van der Waals surface area contributed by atoms with E-state index in [1.165, 1.54) is 5.56 Å². The number of fused-ring (bicyclic) bond motifs is 1. The molecule has 0 fully saturated rings. The van der Waals surface area contributed by atoms with Crippen LogP contribution in [0.25, 0.3) is 22.6 Å². The first kappa shape index (κ1) is 22.8. The number of pyridine rings is 2. The van der Waals surface area contributed by atoms with Gasteiger partial charge < -0.3 is 4.74 Å². The molecule has 5 aromatic rings. The van der Waals surface area contributed by atoms with Gasteiger partial charge in [-0.3, -0.25) is 9.38 Å². The van der Waals surface area contributed by atoms with Crippen molar-refractivity contribution in [2.45, 2.75) is 53.9 Å². The van der Waals surface area contributed by atoms with Crippen LogP contribution in [0, 0.1) is 27.7 Å². The van der Waals surface area contributed by atoms with Crippen molar-refractivity contribution < 1.29 is 4.74 Å². The van der Waals surface area contributed by atoms with E-state index in [-0.39, 0.29) is 5.41 Å². The molecule has 0 aliphatic heterocycles. The Morgan fingerprint density at radius 3 is 2.40 bits per heavy atom. The number of benzene rings is 1. The number of hydrogen-bond acceptors (Lipinski definition) is 4. The molecule has 0 amide bonds. The minimum Gasteiger partial charge on any atom is -0.456 e. The fourth-order valence-electron chi connectivity index (χ4n) is 4.34. The minimum absolute atomic E-state index is 0.0206. The van der Waals surface area contributed by atoms with E-state index in [0.717, 1.165) is 56.9 Å². The molecule has 5 rings (SSSR count). The smallest absolute Gasteiger partial charge is 0.146 e. The quantitative estimate of drug-likeness (QED) is 0.289. The summed E-state index contributed by atoms with van der Waals surface area (Å²) in [5.41, 5.74) is 9.05. The van der Waals surface area contributed by atoms with Gasteiger partial charge in [0.15, 0.2) is 0 Å². The second-order valence-electron chi connectivity index (χ2n) is 10.2. The molecular formula is C29H31N5O. The number of nitrogens with zero attached hydrogens (tertiary/aromatic N) is 5. The summed E-state index contributed by atoms with van der Waals surface area (Å²) in [6.07, 6.45) is 3.87. The summed E-state index contributed by atoms with van der Waals surface area (Å²) in [6, 6.07) is 16.3. The summed E-state index contributed by atoms with van der Waals surface area (Å²) in [7, 11) is 0. The van der Waals surface area contributed by atoms with Crippen LogP contribution in [0.15, 0.2) is 60.9 Å². The summed E-state index contributed by atoms with van der Waals surface area (Å²) in [5, 5.41) is 4.61. The summed E-state index contributed by atoms with van der Waals surface area (Å²) < 4.78 is 10.4. The van der Waals surface area contributed by atoms with E-state index in [0.29, 0.717) is 0 Å². The Bertz CT molecular complexity index is 1550. The molecule has 0 unspecified atom stereocenters. The lowest BCUT2D eigenvalue weighted by atomic mass is 9.87. The zero-order chi connectivity index (χ0) is 24.9. The molecule has 178 valence electrons. The number of aryl methyl sites for hydroxylation is 4. The number of rotatable bonds is 4. The Hall–Kier alpha value is -3.93. The Labute approximate surface area is 206 Å². The second-order valence-corrected chi connectivity index (χ2v) is 10.2. The van der Waals surface area contributed by atoms with E-state index in [4.69, 9.17) is 14.7 Å². The Balaban J connectivity index is 1.61. The van der Waals surface area contributed by atoms with Crippen molar-refractivity contribution in [3.05, 3.63) is 89.3 Å². The lowest BCUT2D eigenvalue weighted by Gasteiger charge is -2.19. The SMILES string of the molecule is Cc1cc(C)n(-c2cccc(Oc3cc(-c4cc(C(C)(C)C)ccn4)c4nc(C)c(C)n4c3)c2)n1. The van der Waals surface area contributed by atoms with Crippen molar-refractivity contribution in [2.24, 2.45) is 0 Å². The first-order valence-electron chi connectivity index (χ1n) is 11.9. The van der Waals surface area contributed by atoms with Crippen LogP contribution in [0.2, 0.25) is 0 Å². The second kappa shape index (κ2) is 8.38. The summed E-state index contributed by atoms with van der Waals surface area (Å²) in [5.74, 6) is 1.47. The molecule has 0 aliphatic carbocycles. The van der Waals surface area contributed by atoms with Crippen LogP contribution >= 0.6 is 0 Å². The standard InChI is InChI=1S/C29H31N5O/c1-18-13-19(2)34(32-18)23-9-8-10-24(15-23)35-25-16-26(28-31-20(3)21(4)33(28)17-25)27-14-22(11-12-30-27)29(5,6)7/h8-17H,1-7H3. The van der Waals surface area contributed by atoms with Crippen molar-refractivity contribution in [1.29, 1.82) is 0 Å². The predicted molar refractivity (Wildman–Crippen MR) is 140 cm³/mol. The first-order valence-corrected chi connectivity index (χ1v) is 11.9. The molecule has 6 nitrogen and oxygen atoms in total. The minimum atomic E-state index is 0.0206. The monoisotopic (exact) mass is 465 g/mol. The fraction of sp³-hybridized carbons (Fsp3) is 0.276. The Kier molecular flexibility index (Phi) is 5.47. The average Bonchev–Trinajstić information content (AvgIpc) is 3.30. The largest absolute Gasteiger partial charge is 0.456 e. The molecule has 0 radical (unpaired) electrons. The number of aromatic nitrogens is 5. The lowest BCUT2D eigenvalue weighted by Crippen LogP contribution is -2.11. The third-order valence-electron chi connectivity index (χ3n) is 6.38. The molecule has 4 aromatic heterocycles. The van der Waals surface area contributed by atoms with Gasteiger partial charge in [-0.2, -0.15) is 5.10 Å². The van der Waals surface area contributed by atoms with Crippen molar-refractivity contribution >= 4 is 5.65 Å². The molecule has 35 heavy (non-hydrogen) atoms. The van der Waals surface area contributed by atoms with Crippen molar-refractivity contribution in [3.63, 3.8) is 0 Å². The van der Waals surface area contributed by atoms with Gasteiger partial charge in [-0.25, -0.2) is 9.67 Å². The highest BCUT2D eigenvalue weighted by Gasteiger charge is 2.18. The van der Waals surface area contributed by atoms with Gasteiger partial charge in [0.1, 0.15) is 17.1 Å². The molecule has 0 atom stereocenters. The van der Waals surface area contributed by atoms with E-state index in [1.807, 2.05) is 61.3 Å². The van der Waals surface area contributed by atoms with Gasteiger partial charge in [-0.1, -0.05) is 26.8 Å². The molecule has 0 aliphatic rings. The lowest BCUT2D eigenvalue weighted by molar-refractivity contribution is 0.479. The molecule has 0 saturated carbocycles. The van der Waals surface area contributed by atoms with Crippen LogP contribution < -0.4 is 4.74 Å². The average molecular weight is 466 g/mol. The number of hydrogen-bond donors (Lipinski definition) is 0. The molecule has 0 spiro atoms. The van der Waals surface area contributed by atoms with Gasteiger partial charge in [0, 0.05) is 29.2 Å². The zero-order valence-electron chi connectivity index (χ0n) is 21.4. The molecule has 0 N–H and O–H groups in total. The van der Waals surface area contributed by atoms with Gasteiger partial charge in [0.25, 0.3) is 0 Å². The molecule has 4 heterocycles. The van der Waals surface area contributed by atoms with E-state index in [9.17, 15) is 0 Å². The van der Waals surface area contributed by atoms with Gasteiger partial charge in [-0.05, 0) is 75.1 Å². The highest BCUT2D eigenvalue weighted by Crippen LogP contribution is 2.33. The normalized spacial score (nSPS) is 11.9. The van der Waals surface area contributed by atoms with Gasteiger partial charge >= 0.3 is 0 Å². The fourth-order valence-corrected chi connectivity index (χ4v) is 4.34. The van der Waals surface area contributed by atoms with Crippen LogP contribution in [0.4, 0.5) is 0 Å². The third kappa shape index (κ3) is 4.32. The molecule has 1 aromatic carbocycles. The molecule has 0 bridgehead atoms. The van der Waals surface area contributed by atoms with E-state index < -0.39 is 0 Å². The predicted octanol–water partition coefficient (Wildman–Crippen LogP) is 6.91. The van der Waals surface area contributed by atoms with E-state index >= 15 is 0 Å². The highest BCUT2D eigenvalue weighted by molar-refractivity contribution is 5.77. The van der Waals surface area contributed by atoms with Crippen LogP contribution in [-0.4, -0.2) is 24.1 Å². The van der Waals surface area contributed by atoms with Crippen LogP contribution in [-0.2, 0) is 5.41 Å². The van der Waals surface area contributed by atoms with Crippen molar-refractivity contribution in [2.75, 3.05) is 0 Å². The number of imidazole rings is 1. The van der Waals surface area contributed by atoms with Crippen LogP contribution in [0.1, 0.15) is 49.1 Å². The number of ether oxygens (including phenoxy) is 1. The summed E-state index contributed by atoms with van der Waals surface area (Å²) >= 11 is 0. The summed E-state index contributed by atoms with van der Waals surface area (Å²) in [6.45, 7) is 14.8. The van der Waals surface area contributed by atoms with E-state index in [1.54, 1.807) is 0 Å². The Morgan fingerprint density at radius 2 is 1.69 bits per heavy atom. The van der Waals surface area contributed by atoms with Crippen LogP contribution in [0.3, 0.4) is 0 Å². The maximum atomic E-state index is 6.40. The maximum absolute atomic E-state index is 6.40. The zero-order valence-corrected chi connectivity index (χ0v) is 21.4.